The molecule has 0 aliphatic carbocycles. The number of carbonyl (C=O) groups excluding carboxylic acids is 2. The number of aliphatic hydroxyl groups is 1. The summed E-state index contributed by atoms with van der Waals surface area (Å²) in [4.78, 5) is 24.5. The van der Waals surface area contributed by atoms with E-state index < -0.39 is 6.10 Å². The molecule has 0 aromatic carbocycles. The Hall–Kier alpha value is -4.22. The van der Waals surface area contributed by atoms with Gasteiger partial charge in [0, 0.05) is 12.8 Å². The molecule has 1 atom stereocenters. The van der Waals surface area contributed by atoms with Gasteiger partial charge in [-0.2, -0.15) is 0 Å². The Kier molecular flexibility index (Phi) is 55.5. The molecule has 0 aromatic rings. The van der Waals surface area contributed by atoms with E-state index in [0.717, 1.165) is 128 Å². The van der Waals surface area contributed by atoms with Crippen LogP contribution in [-0.4, -0.2) is 36.4 Å². The number of esters is 2. The maximum absolute atomic E-state index is 12.3. The lowest BCUT2D eigenvalue weighted by atomic mass is 10.0. The first-order chi connectivity index (χ1) is 34.6. The molecular weight excluding hydrogens is 861 g/mol. The average Bonchev–Trinajstić information content (AvgIpc) is 3.36. The quantitative estimate of drug-likeness (QED) is 0.0374. The molecule has 0 rings (SSSR count). The standard InChI is InChI=1S/C65H104O5/c1-3-5-7-9-11-13-15-17-19-21-23-25-27-29-31-32-34-36-38-40-42-44-46-48-50-52-54-56-58-60-65(68)70-63(61-66)62-69-64(67)59-57-55-53-51-49-47-45-43-41-39-37-35-33-30-28-26-24-22-20-18-16-14-12-10-8-6-4-2/h5-8,11-14,17-20,23-26,29,31,34,36,40,42,46,48,63,66H,3-4,9-10,15-16,21-22,27-28,30,32-33,35,37-39,41,43-45,47,49-62H2,1-2H3/b7-5-,8-6-,13-11-,14-12-,19-17-,20-18-,25-23-,26-24-,31-29-,36-34-,42-40-,48-46-. The highest BCUT2D eigenvalue weighted by Gasteiger charge is 2.16. The molecule has 0 saturated carbocycles. The van der Waals surface area contributed by atoms with Gasteiger partial charge in [0.2, 0.25) is 0 Å². The van der Waals surface area contributed by atoms with Gasteiger partial charge < -0.3 is 14.6 Å². The van der Waals surface area contributed by atoms with Gasteiger partial charge in [-0.3, -0.25) is 9.59 Å². The van der Waals surface area contributed by atoms with Crippen LogP contribution in [0.5, 0.6) is 0 Å². The highest BCUT2D eigenvalue weighted by molar-refractivity contribution is 5.70. The summed E-state index contributed by atoms with van der Waals surface area (Å²) in [6.07, 6.45) is 89.5. The van der Waals surface area contributed by atoms with Crippen molar-refractivity contribution in [3.05, 3.63) is 146 Å². The van der Waals surface area contributed by atoms with Crippen molar-refractivity contribution in [2.24, 2.45) is 0 Å². The summed E-state index contributed by atoms with van der Waals surface area (Å²) in [5, 5.41) is 9.66. The number of carbonyl (C=O) groups is 2. The predicted molar refractivity (Wildman–Crippen MR) is 306 cm³/mol. The highest BCUT2D eigenvalue weighted by Crippen LogP contribution is 2.15. The van der Waals surface area contributed by atoms with Crippen molar-refractivity contribution in [2.75, 3.05) is 13.2 Å². The van der Waals surface area contributed by atoms with Gasteiger partial charge in [0.1, 0.15) is 6.61 Å². The topological polar surface area (TPSA) is 72.8 Å². The minimum Gasteiger partial charge on any atom is -0.462 e. The summed E-state index contributed by atoms with van der Waals surface area (Å²) < 4.78 is 10.7. The molecule has 5 heteroatoms. The van der Waals surface area contributed by atoms with Crippen LogP contribution in [0.25, 0.3) is 0 Å². The summed E-state index contributed by atoms with van der Waals surface area (Å²) >= 11 is 0. The summed E-state index contributed by atoms with van der Waals surface area (Å²) in [5.41, 5.74) is 0. The fourth-order valence-corrected chi connectivity index (χ4v) is 7.44. The van der Waals surface area contributed by atoms with Crippen molar-refractivity contribution < 1.29 is 24.2 Å². The van der Waals surface area contributed by atoms with Crippen LogP contribution in [-0.2, 0) is 19.1 Å². The molecule has 0 aliphatic heterocycles. The Morgan fingerprint density at radius 1 is 0.329 bits per heavy atom. The molecule has 0 aliphatic rings. The van der Waals surface area contributed by atoms with E-state index in [1.807, 2.05) is 0 Å². The van der Waals surface area contributed by atoms with Crippen LogP contribution in [0.3, 0.4) is 0 Å². The number of ether oxygens (including phenoxy) is 2. The minimum absolute atomic E-state index is 0.0855. The normalized spacial score (nSPS) is 13.4. The molecular formula is C65H104O5. The summed E-state index contributed by atoms with van der Waals surface area (Å²) in [6, 6.07) is 0. The number of rotatable bonds is 50. The van der Waals surface area contributed by atoms with E-state index in [2.05, 4.69) is 160 Å². The molecule has 0 spiro atoms. The van der Waals surface area contributed by atoms with Gasteiger partial charge >= 0.3 is 11.9 Å². The van der Waals surface area contributed by atoms with Crippen molar-refractivity contribution in [2.45, 2.75) is 238 Å². The molecule has 0 fully saturated rings. The maximum Gasteiger partial charge on any atom is 0.306 e. The van der Waals surface area contributed by atoms with Gasteiger partial charge in [0.15, 0.2) is 6.10 Å². The zero-order valence-corrected chi connectivity index (χ0v) is 45.0. The molecule has 0 amide bonds. The highest BCUT2D eigenvalue weighted by atomic mass is 16.6. The minimum atomic E-state index is -0.798. The number of hydrogen-bond acceptors (Lipinski definition) is 5. The van der Waals surface area contributed by atoms with Gasteiger partial charge in [-0.15, -0.1) is 0 Å². The van der Waals surface area contributed by atoms with Crippen molar-refractivity contribution >= 4 is 11.9 Å². The van der Waals surface area contributed by atoms with E-state index in [-0.39, 0.29) is 25.2 Å². The third kappa shape index (κ3) is 56.4. The van der Waals surface area contributed by atoms with E-state index in [1.54, 1.807) is 0 Å². The van der Waals surface area contributed by atoms with Crippen LogP contribution in [0, 0.1) is 0 Å². The summed E-state index contributed by atoms with van der Waals surface area (Å²) in [5.74, 6) is -0.628. The van der Waals surface area contributed by atoms with E-state index in [9.17, 15) is 14.7 Å². The Balaban J connectivity index is 3.61. The van der Waals surface area contributed by atoms with Crippen molar-refractivity contribution in [3.63, 3.8) is 0 Å². The van der Waals surface area contributed by atoms with Crippen LogP contribution in [0.15, 0.2) is 146 Å². The van der Waals surface area contributed by atoms with E-state index in [1.165, 1.54) is 77.0 Å². The third-order valence-corrected chi connectivity index (χ3v) is 11.6. The first kappa shape index (κ1) is 65.8. The fraction of sp³-hybridized carbons (Fsp3) is 0.600. The monoisotopic (exact) mass is 965 g/mol. The summed E-state index contributed by atoms with van der Waals surface area (Å²) in [7, 11) is 0. The SMILES string of the molecule is CC/C=C\C/C=C\C/C=C\C/C=C\C/C=C\C/C=C\C/C=C\C/C=C\CCCCCCC(=O)OC(CO)COC(=O)CCCCCCCCCCCCCCCC/C=C\C/C=C\C/C=C\C/C=C\CC. The molecule has 0 aromatic heterocycles. The lowest BCUT2D eigenvalue weighted by Crippen LogP contribution is -2.28. The van der Waals surface area contributed by atoms with Gasteiger partial charge in [-0.05, 0) is 116 Å². The maximum atomic E-state index is 12.3. The summed E-state index contributed by atoms with van der Waals surface area (Å²) in [6.45, 7) is 3.89. The first-order valence-electron chi connectivity index (χ1n) is 28.4. The number of hydrogen-bond donors (Lipinski definition) is 1. The van der Waals surface area contributed by atoms with Crippen molar-refractivity contribution in [3.8, 4) is 0 Å². The van der Waals surface area contributed by atoms with E-state index in [0.29, 0.717) is 12.8 Å². The van der Waals surface area contributed by atoms with Crippen molar-refractivity contribution in [1.29, 1.82) is 0 Å². The van der Waals surface area contributed by atoms with E-state index >= 15 is 0 Å². The van der Waals surface area contributed by atoms with Gasteiger partial charge in [0.05, 0.1) is 6.61 Å². The Labute approximate surface area is 431 Å². The largest absolute Gasteiger partial charge is 0.462 e. The third-order valence-electron chi connectivity index (χ3n) is 11.6. The smallest absolute Gasteiger partial charge is 0.306 e. The van der Waals surface area contributed by atoms with Crippen LogP contribution in [0.1, 0.15) is 232 Å². The second-order valence-corrected chi connectivity index (χ2v) is 18.2. The Morgan fingerprint density at radius 2 is 0.571 bits per heavy atom. The van der Waals surface area contributed by atoms with Crippen LogP contribution < -0.4 is 0 Å². The van der Waals surface area contributed by atoms with Crippen LogP contribution in [0.4, 0.5) is 0 Å². The molecule has 0 radical (unpaired) electrons. The van der Waals surface area contributed by atoms with Crippen LogP contribution in [0.2, 0.25) is 0 Å². The second-order valence-electron chi connectivity index (χ2n) is 18.2. The molecule has 1 N–H and O–H groups in total. The molecule has 0 bridgehead atoms. The number of aliphatic hydroxyl groups excluding tert-OH is 1. The molecule has 0 saturated heterocycles. The van der Waals surface area contributed by atoms with Crippen molar-refractivity contribution in [1.82, 2.24) is 0 Å². The predicted octanol–water partition coefficient (Wildman–Crippen LogP) is 19.4. The average molecular weight is 966 g/mol. The van der Waals surface area contributed by atoms with E-state index in [4.69, 9.17) is 9.47 Å². The lowest BCUT2D eigenvalue weighted by Gasteiger charge is -2.15. The molecule has 394 valence electrons. The zero-order valence-electron chi connectivity index (χ0n) is 45.0. The molecule has 1 unspecified atom stereocenters. The zero-order chi connectivity index (χ0) is 50.6. The number of allylic oxidation sites excluding steroid dienone is 24. The Morgan fingerprint density at radius 3 is 0.857 bits per heavy atom. The van der Waals surface area contributed by atoms with Gasteiger partial charge in [0.25, 0.3) is 0 Å². The van der Waals surface area contributed by atoms with Crippen LogP contribution >= 0.6 is 0 Å². The second kappa shape index (κ2) is 59.1. The molecule has 5 nitrogen and oxygen atoms in total. The van der Waals surface area contributed by atoms with Gasteiger partial charge in [-0.1, -0.05) is 250 Å². The molecule has 0 heterocycles. The lowest BCUT2D eigenvalue weighted by molar-refractivity contribution is -0.161. The first-order valence-corrected chi connectivity index (χ1v) is 28.4. The molecule has 70 heavy (non-hydrogen) atoms. The van der Waals surface area contributed by atoms with Gasteiger partial charge in [-0.25, -0.2) is 0 Å². The fourth-order valence-electron chi connectivity index (χ4n) is 7.44. The number of unbranched alkanes of at least 4 members (excludes halogenated alkanes) is 18. The Bertz CT molecular complexity index is 1510.